The van der Waals surface area contributed by atoms with Gasteiger partial charge < -0.3 is 9.84 Å². The number of ether oxygens (including phenoxy) is 1. The van der Waals surface area contributed by atoms with Crippen molar-refractivity contribution in [2.75, 3.05) is 27.3 Å². The summed E-state index contributed by atoms with van der Waals surface area (Å²) in [4.78, 5) is 0.238. The van der Waals surface area contributed by atoms with Crippen LogP contribution in [-0.2, 0) is 21.2 Å². The van der Waals surface area contributed by atoms with Crippen molar-refractivity contribution in [3.8, 4) is 0 Å². The second-order valence-corrected chi connectivity index (χ2v) is 7.68. The molecule has 0 amide bonds. The molecule has 0 saturated carbocycles. The molecular weight excluding hydrogens is 290 g/mol. The third-order valence-corrected chi connectivity index (χ3v) is 4.94. The summed E-state index contributed by atoms with van der Waals surface area (Å²) >= 11 is 0. The molecule has 1 N–H and O–H groups in total. The van der Waals surface area contributed by atoms with Gasteiger partial charge in [0.2, 0.25) is 10.0 Å². The quantitative estimate of drug-likeness (QED) is 0.790. The highest BCUT2D eigenvalue weighted by molar-refractivity contribution is 7.89. The van der Waals surface area contributed by atoms with Gasteiger partial charge in [-0.1, -0.05) is 26.0 Å². The van der Waals surface area contributed by atoms with Crippen molar-refractivity contribution in [3.63, 3.8) is 0 Å². The number of hydrogen-bond acceptors (Lipinski definition) is 4. The zero-order valence-electron chi connectivity index (χ0n) is 13.1. The van der Waals surface area contributed by atoms with E-state index in [9.17, 15) is 13.5 Å². The van der Waals surface area contributed by atoms with Crippen molar-refractivity contribution in [1.82, 2.24) is 4.31 Å². The van der Waals surface area contributed by atoms with E-state index in [4.69, 9.17) is 4.74 Å². The van der Waals surface area contributed by atoms with Crippen LogP contribution in [-0.4, -0.2) is 51.2 Å². The first-order chi connectivity index (χ1) is 9.77. The van der Waals surface area contributed by atoms with Gasteiger partial charge in [-0.15, -0.1) is 0 Å². The molecular formula is C15H25NO4S. The Kier molecular flexibility index (Phi) is 6.80. The molecule has 0 aromatic heterocycles. The molecule has 1 unspecified atom stereocenters. The largest absolute Gasteiger partial charge is 0.389 e. The molecule has 0 aliphatic heterocycles. The lowest BCUT2D eigenvalue weighted by Crippen LogP contribution is -2.36. The molecule has 0 bridgehead atoms. The molecule has 0 aliphatic carbocycles. The summed E-state index contributed by atoms with van der Waals surface area (Å²) in [5.41, 5.74) is 1.12. The second-order valence-electron chi connectivity index (χ2n) is 5.64. The lowest BCUT2D eigenvalue weighted by molar-refractivity contribution is 0.0554. The molecule has 0 spiro atoms. The number of rotatable bonds is 8. The number of sulfonamides is 1. The van der Waals surface area contributed by atoms with Gasteiger partial charge in [0.1, 0.15) is 0 Å². The van der Waals surface area contributed by atoms with Gasteiger partial charge >= 0.3 is 0 Å². The Labute approximate surface area is 127 Å². The molecule has 5 nitrogen and oxygen atoms in total. The van der Waals surface area contributed by atoms with Crippen LogP contribution in [0.25, 0.3) is 0 Å². The van der Waals surface area contributed by atoms with Crippen molar-refractivity contribution in [2.24, 2.45) is 5.92 Å². The third kappa shape index (κ3) is 5.39. The zero-order valence-corrected chi connectivity index (χ0v) is 13.9. The number of aliphatic hydroxyl groups is 1. The highest BCUT2D eigenvalue weighted by Gasteiger charge is 2.22. The Hall–Kier alpha value is -0.950. The van der Waals surface area contributed by atoms with Gasteiger partial charge in [0.25, 0.3) is 0 Å². The monoisotopic (exact) mass is 315 g/mol. The van der Waals surface area contributed by atoms with Crippen LogP contribution in [0, 0.1) is 5.92 Å². The average Bonchev–Trinajstić information content (AvgIpc) is 2.38. The highest BCUT2D eigenvalue weighted by atomic mass is 32.2. The zero-order chi connectivity index (χ0) is 16.0. The van der Waals surface area contributed by atoms with E-state index in [0.29, 0.717) is 5.92 Å². The van der Waals surface area contributed by atoms with Crippen molar-refractivity contribution >= 4 is 10.0 Å². The maximum atomic E-state index is 12.4. The Balaban J connectivity index is 2.82. The maximum absolute atomic E-state index is 12.4. The van der Waals surface area contributed by atoms with E-state index in [-0.39, 0.29) is 18.0 Å². The smallest absolute Gasteiger partial charge is 0.242 e. The fraction of sp³-hybridized carbons (Fsp3) is 0.600. The SMILES string of the molecule is COCC(O)CN(C)S(=O)(=O)c1ccc(CC(C)C)cc1. The number of nitrogens with zero attached hydrogens (tertiary/aromatic N) is 1. The first kappa shape index (κ1) is 18.1. The van der Waals surface area contributed by atoms with Crippen LogP contribution < -0.4 is 0 Å². The Bertz CT molecular complexity index is 525. The van der Waals surface area contributed by atoms with Gasteiger partial charge in [-0.05, 0) is 30.0 Å². The predicted octanol–water partition coefficient (Wildman–Crippen LogP) is 1.51. The molecule has 0 heterocycles. The standard InChI is InChI=1S/C15H25NO4S/c1-12(2)9-13-5-7-15(8-6-13)21(18,19)16(3)10-14(17)11-20-4/h5-8,12,14,17H,9-11H2,1-4H3. The van der Waals surface area contributed by atoms with Gasteiger partial charge in [-0.25, -0.2) is 8.42 Å². The minimum absolute atomic E-state index is 0.00389. The normalized spacial score (nSPS) is 13.9. The Morgan fingerprint density at radius 1 is 1.24 bits per heavy atom. The molecule has 1 aromatic carbocycles. The van der Waals surface area contributed by atoms with Crippen molar-refractivity contribution in [2.45, 2.75) is 31.3 Å². The van der Waals surface area contributed by atoms with Crippen molar-refractivity contribution in [1.29, 1.82) is 0 Å². The Morgan fingerprint density at radius 3 is 2.29 bits per heavy atom. The number of likely N-dealkylation sites (N-methyl/N-ethyl adjacent to an activating group) is 1. The predicted molar refractivity (Wildman–Crippen MR) is 82.7 cm³/mol. The first-order valence-electron chi connectivity index (χ1n) is 6.99. The van der Waals surface area contributed by atoms with E-state index < -0.39 is 16.1 Å². The van der Waals surface area contributed by atoms with Crippen molar-refractivity contribution < 1.29 is 18.3 Å². The highest BCUT2D eigenvalue weighted by Crippen LogP contribution is 2.17. The third-order valence-electron chi connectivity index (χ3n) is 3.10. The first-order valence-corrected chi connectivity index (χ1v) is 8.43. The summed E-state index contributed by atoms with van der Waals surface area (Å²) in [6.07, 6.45) is 0.0814. The summed E-state index contributed by atoms with van der Waals surface area (Å²) in [5, 5.41) is 9.64. The molecule has 0 radical (unpaired) electrons. The molecule has 0 fully saturated rings. The molecule has 0 aliphatic rings. The fourth-order valence-corrected chi connectivity index (χ4v) is 3.30. The Morgan fingerprint density at radius 2 is 1.81 bits per heavy atom. The minimum atomic E-state index is -3.58. The van der Waals surface area contributed by atoms with E-state index in [1.54, 1.807) is 12.1 Å². The second kappa shape index (κ2) is 7.89. The van der Waals surface area contributed by atoms with Crippen LogP contribution in [0.4, 0.5) is 0 Å². The maximum Gasteiger partial charge on any atom is 0.242 e. The van der Waals surface area contributed by atoms with Crippen LogP contribution >= 0.6 is 0 Å². The topological polar surface area (TPSA) is 66.8 Å². The summed E-state index contributed by atoms with van der Waals surface area (Å²) in [6.45, 7) is 4.35. The van der Waals surface area contributed by atoms with Crippen LogP contribution in [0.1, 0.15) is 19.4 Å². The number of methoxy groups -OCH3 is 1. The van der Waals surface area contributed by atoms with Crippen LogP contribution in [0.15, 0.2) is 29.2 Å². The molecule has 6 heteroatoms. The molecule has 21 heavy (non-hydrogen) atoms. The van der Waals surface area contributed by atoms with Gasteiger partial charge in [0.05, 0.1) is 17.6 Å². The van der Waals surface area contributed by atoms with Crippen LogP contribution in [0.5, 0.6) is 0 Å². The summed E-state index contributed by atoms with van der Waals surface area (Å²) < 4.78 is 30.7. The number of hydrogen-bond donors (Lipinski definition) is 1. The molecule has 1 aromatic rings. The van der Waals surface area contributed by atoms with Gasteiger partial charge in [-0.3, -0.25) is 0 Å². The van der Waals surface area contributed by atoms with E-state index in [1.807, 2.05) is 12.1 Å². The van der Waals surface area contributed by atoms with Crippen LogP contribution in [0.2, 0.25) is 0 Å². The van der Waals surface area contributed by atoms with Gasteiger partial charge in [0.15, 0.2) is 0 Å². The van der Waals surface area contributed by atoms with E-state index in [2.05, 4.69) is 13.8 Å². The molecule has 120 valence electrons. The number of aliphatic hydroxyl groups excluding tert-OH is 1. The molecule has 0 saturated heterocycles. The van der Waals surface area contributed by atoms with Gasteiger partial charge in [-0.2, -0.15) is 4.31 Å². The molecule has 1 atom stereocenters. The lowest BCUT2D eigenvalue weighted by Gasteiger charge is -2.20. The minimum Gasteiger partial charge on any atom is -0.389 e. The summed E-state index contributed by atoms with van der Waals surface area (Å²) in [5.74, 6) is 0.527. The molecule has 1 rings (SSSR count). The lowest BCUT2D eigenvalue weighted by atomic mass is 10.0. The van der Waals surface area contributed by atoms with E-state index >= 15 is 0 Å². The fourth-order valence-electron chi connectivity index (χ4n) is 2.09. The number of benzene rings is 1. The van der Waals surface area contributed by atoms with Crippen LogP contribution in [0.3, 0.4) is 0 Å². The average molecular weight is 315 g/mol. The van der Waals surface area contributed by atoms with E-state index in [0.717, 1.165) is 16.3 Å². The summed E-state index contributed by atoms with van der Waals surface area (Å²) in [7, 11) is -0.662. The van der Waals surface area contributed by atoms with E-state index in [1.165, 1.54) is 14.2 Å². The summed E-state index contributed by atoms with van der Waals surface area (Å²) in [6, 6.07) is 6.91. The van der Waals surface area contributed by atoms with Gasteiger partial charge in [0, 0.05) is 20.7 Å². The van der Waals surface area contributed by atoms with Crippen molar-refractivity contribution in [3.05, 3.63) is 29.8 Å².